The van der Waals surface area contributed by atoms with Crippen LogP contribution in [0, 0.1) is 17.8 Å². The summed E-state index contributed by atoms with van der Waals surface area (Å²) in [5.74, 6) is 2.65. The lowest BCUT2D eigenvalue weighted by molar-refractivity contribution is 0.163. The summed E-state index contributed by atoms with van der Waals surface area (Å²) in [4.78, 5) is 0. The number of hydrogen-bond donors (Lipinski definition) is 1. The lowest BCUT2D eigenvalue weighted by Crippen LogP contribution is -2.45. The molecule has 0 aliphatic heterocycles. The van der Waals surface area contributed by atoms with E-state index in [9.17, 15) is 0 Å². The van der Waals surface area contributed by atoms with E-state index in [1.165, 1.54) is 19.3 Å². The Kier molecular flexibility index (Phi) is 4.43. The smallest absolute Gasteiger partial charge is 0.0103 e. The van der Waals surface area contributed by atoms with E-state index in [0.29, 0.717) is 6.04 Å². The van der Waals surface area contributed by atoms with Crippen molar-refractivity contribution in [3.63, 3.8) is 0 Å². The molecule has 0 unspecified atom stereocenters. The molecular weight excluding hydrogens is 170 g/mol. The van der Waals surface area contributed by atoms with Gasteiger partial charge in [0.15, 0.2) is 0 Å². The van der Waals surface area contributed by atoms with Crippen LogP contribution < -0.4 is 5.32 Å². The monoisotopic (exact) mass is 197 g/mol. The van der Waals surface area contributed by atoms with Gasteiger partial charge in [-0.25, -0.2) is 0 Å². The van der Waals surface area contributed by atoms with Crippen LogP contribution in [-0.4, -0.2) is 12.1 Å². The molecule has 1 nitrogen and oxygen atoms in total. The van der Waals surface area contributed by atoms with Crippen molar-refractivity contribution in [2.24, 2.45) is 17.8 Å². The summed E-state index contributed by atoms with van der Waals surface area (Å²) in [7, 11) is 0. The molecule has 1 aliphatic carbocycles. The summed E-state index contributed by atoms with van der Waals surface area (Å²) < 4.78 is 0. The van der Waals surface area contributed by atoms with Crippen molar-refractivity contribution in [3.05, 3.63) is 0 Å². The average molecular weight is 197 g/mol. The molecule has 1 fully saturated rings. The van der Waals surface area contributed by atoms with Gasteiger partial charge in [-0.1, -0.05) is 41.0 Å². The quantitative estimate of drug-likeness (QED) is 0.731. The molecule has 1 aliphatic rings. The standard InChI is InChI=1S/C13H27N/c1-9(2)12-7-6-11(5)8-13(12)14-10(3)4/h9-14H,6-8H2,1-5H3/t11-,12-,13+/m0/s1. The van der Waals surface area contributed by atoms with Crippen molar-refractivity contribution in [2.45, 2.75) is 66.0 Å². The van der Waals surface area contributed by atoms with E-state index in [-0.39, 0.29) is 0 Å². The van der Waals surface area contributed by atoms with Gasteiger partial charge in [0, 0.05) is 12.1 Å². The van der Waals surface area contributed by atoms with Crippen molar-refractivity contribution >= 4 is 0 Å². The Labute approximate surface area is 89.7 Å². The number of rotatable bonds is 3. The topological polar surface area (TPSA) is 12.0 Å². The lowest BCUT2D eigenvalue weighted by atomic mass is 9.74. The summed E-state index contributed by atoms with van der Waals surface area (Å²) in [6.45, 7) is 11.7. The summed E-state index contributed by atoms with van der Waals surface area (Å²) in [6, 6.07) is 1.39. The van der Waals surface area contributed by atoms with Gasteiger partial charge in [-0.05, 0) is 30.6 Å². The van der Waals surface area contributed by atoms with Crippen LogP contribution in [0.4, 0.5) is 0 Å². The number of hydrogen-bond acceptors (Lipinski definition) is 1. The zero-order valence-electron chi connectivity index (χ0n) is 10.5. The zero-order valence-corrected chi connectivity index (χ0v) is 10.5. The van der Waals surface area contributed by atoms with E-state index >= 15 is 0 Å². The third-order valence-electron chi connectivity index (χ3n) is 3.57. The minimum Gasteiger partial charge on any atom is -0.311 e. The third-order valence-corrected chi connectivity index (χ3v) is 3.57. The van der Waals surface area contributed by atoms with E-state index in [2.05, 4.69) is 39.9 Å². The van der Waals surface area contributed by atoms with Crippen molar-refractivity contribution in [3.8, 4) is 0 Å². The largest absolute Gasteiger partial charge is 0.311 e. The molecule has 0 saturated heterocycles. The second kappa shape index (κ2) is 5.16. The van der Waals surface area contributed by atoms with E-state index < -0.39 is 0 Å². The molecule has 3 atom stereocenters. The Morgan fingerprint density at radius 3 is 2.21 bits per heavy atom. The Bertz CT molecular complexity index is 161. The molecule has 0 heterocycles. The van der Waals surface area contributed by atoms with Gasteiger partial charge in [0.2, 0.25) is 0 Å². The highest BCUT2D eigenvalue weighted by molar-refractivity contribution is 4.86. The maximum absolute atomic E-state index is 3.74. The molecule has 1 rings (SSSR count). The van der Waals surface area contributed by atoms with Gasteiger partial charge in [-0.15, -0.1) is 0 Å². The molecule has 0 spiro atoms. The lowest BCUT2D eigenvalue weighted by Gasteiger charge is -2.39. The van der Waals surface area contributed by atoms with Crippen LogP contribution in [0.15, 0.2) is 0 Å². The normalized spacial score (nSPS) is 34.1. The van der Waals surface area contributed by atoms with E-state index in [1.54, 1.807) is 0 Å². The minimum atomic E-state index is 0.631. The second-order valence-electron chi connectivity index (χ2n) is 5.75. The Hall–Kier alpha value is -0.0400. The molecular formula is C13H27N. The molecule has 0 amide bonds. The van der Waals surface area contributed by atoms with E-state index in [1.807, 2.05) is 0 Å². The molecule has 14 heavy (non-hydrogen) atoms. The highest BCUT2D eigenvalue weighted by Gasteiger charge is 2.30. The van der Waals surface area contributed by atoms with Crippen LogP contribution in [0.25, 0.3) is 0 Å². The van der Waals surface area contributed by atoms with Crippen LogP contribution in [0.2, 0.25) is 0 Å². The zero-order chi connectivity index (χ0) is 10.7. The van der Waals surface area contributed by atoms with Gasteiger partial charge in [0.05, 0.1) is 0 Å². The second-order valence-corrected chi connectivity index (χ2v) is 5.75. The first kappa shape index (κ1) is 12.0. The fourth-order valence-electron chi connectivity index (χ4n) is 2.82. The Morgan fingerprint density at radius 2 is 1.71 bits per heavy atom. The third kappa shape index (κ3) is 3.27. The summed E-state index contributed by atoms with van der Waals surface area (Å²) in [6.07, 6.45) is 4.23. The predicted octanol–water partition coefficient (Wildman–Crippen LogP) is 3.45. The van der Waals surface area contributed by atoms with Gasteiger partial charge in [-0.2, -0.15) is 0 Å². The first-order valence-corrected chi connectivity index (χ1v) is 6.26. The first-order valence-electron chi connectivity index (χ1n) is 6.26. The van der Waals surface area contributed by atoms with Crippen molar-refractivity contribution in [1.29, 1.82) is 0 Å². The molecule has 1 N–H and O–H groups in total. The van der Waals surface area contributed by atoms with Gasteiger partial charge in [0.1, 0.15) is 0 Å². The molecule has 0 aromatic rings. The number of nitrogens with one attached hydrogen (secondary N) is 1. The van der Waals surface area contributed by atoms with Crippen molar-refractivity contribution < 1.29 is 0 Å². The molecule has 0 bridgehead atoms. The predicted molar refractivity (Wildman–Crippen MR) is 63.4 cm³/mol. The minimum absolute atomic E-state index is 0.631. The van der Waals surface area contributed by atoms with Gasteiger partial charge in [0.25, 0.3) is 0 Å². The summed E-state index contributed by atoms with van der Waals surface area (Å²) >= 11 is 0. The fraction of sp³-hybridized carbons (Fsp3) is 1.00. The van der Waals surface area contributed by atoms with Crippen molar-refractivity contribution in [2.75, 3.05) is 0 Å². The molecule has 1 saturated carbocycles. The summed E-state index contributed by atoms with van der Waals surface area (Å²) in [5.41, 5.74) is 0. The fourth-order valence-corrected chi connectivity index (χ4v) is 2.82. The maximum Gasteiger partial charge on any atom is 0.0103 e. The molecule has 1 heteroatoms. The van der Waals surface area contributed by atoms with E-state index in [0.717, 1.165) is 23.8 Å². The van der Waals surface area contributed by atoms with Crippen LogP contribution in [0.5, 0.6) is 0 Å². The SMILES string of the molecule is CC(C)N[C@@H]1C[C@@H](C)CC[C@H]1C(C)C. The van der Waals surface area contributed by atoms with Crippen LogP contribution >= 0.6 is 0 Å². The van der Waals surface area contributed by atoms with Crippen LogP contribution in [0.3, 0.4) is 0 Å². The molecule has 0 aromatic heterocycles. The molecule has 84 valence electrons. The van der Waals surface area contributed by atoms with Crippen LogP contribution in [-0.2, 0) is 0 Å². The highest BCUT2D eigenvalue weighted by Crippen LogP contribution is 2.33. The van der Waals surface area contributed by atoms with Gasteiger partial charge in [-0.3, -0.25) is 0 Å². The van der Waals surface area contributed by atoms with Crippen LogP contribution in [0.1, 0.15) is 53.9 Å². The Balaban J connectivity index is 2.54. The Morgan fingerprint density at radius 1 is 1.07 bits per heavy atom. The maximum atomic E-state index is 3.74. The van der Waals surface area contributed by atoms with Gasteiger partial charge >= 0.3 is 0 Å². The molecule has 0 aromatic carbocycles. The van der Waals surface area contributed by atoms with Crippen molar-refractivity contribution in [1.82, 2.24) is 5.32 Å². The van der Waals surface area contributed by atoms with E-state index in [4.69, 9.17) is 0 Å². The average Bonchev–Trinajstić information content (AvgIpc) is 2.01. The first-order chi connectivity index (χ1) is 6.50. The summed E-state index contributed by atoms with van der Waals surface area (Å²) in [5, 5.41) is 3.74. The van der Waals surface area contributed by atoms with Gasteiger partial charge < -0.3 is 5.32 Å². The highest BCUT2D eigenvalue weighted by atomic mass is 14.9. The molecule has 0 radical (unpaired) electrons.